The van der Waals surface area contributed by atoms with Crippen LogP contribution < -0.4 is 0 Å². The van der Waals surface area contributed by atoms with E-state index in [4.69, 9.17) is 11.6 Å². The Bertz CT molecular complexity index is 795. The van der Waals surface area contributed by atoms with E-state index in [1.807, 2.05) is 6.07 Å². The minimum atomic E-state index is -1.19. The maximum absolute atomic E-state index is 13.7. The highest BCUT2D eigenvalue weighted by atomic mass is 35.5. The molecule has 0 amide bonds. The standard InChI is InChI=1S/C20H19ClN2OS/c21-15-2-1-14(25-15)16-17(20(16,9-22)10-23)18(24)19-6-11-3-12(7-19)5-13(4-11)8-19/h1-2,11-13,16-17H,3-8H2/t11?,12?,13?,16-,17+,19?/m1/s1. The summed E-state index contributed by atoms with van der Waals surface area (Å²) in [7, 11) is 0. The highest BCUT2D eigenvalue weighted by molar-refractivity contribution is 7.16. The minimum Gasteiger partial charge on any atom is -0.299 e. The lowest BCUT2D eigenvalue weighted by atomic mass is 9.48. The summed E-state index contributed by atoms with van der Waals surface area (Å²) in [6.45, 7) is 0. The molecule has 6 rings (SSSR count). The first-order chi connectivity index (χ1) is 12.0. The van der Waals surface area contributed by atoms with Crippen molar-refractivity contribution in [3.8, 4) is 12.1 Å². The molecule has 0 aromatic carbocycles. The van der Waals surface area contributed by atoms with Crippen molar-refractivity contribution in [1.82, 2.24) is 0 Å². The van der Waals surface area contributed by atoms with E-state index in [0.717, 1.165) is 24.1 Å². The van der Waals surface area contributed by atoms with Crippen LogP contribution in [-0.2, 0) is 4.79 Å². The fourth-order valence-electron chi connectivity index (χ4n) is 6.68. The molecule has 0 radical (unpaired) electrons. The lowest BCUT2D eigenvalue weighted by molar-refractivity contribution is -0.145. The van der Waals surface area contributed by atoms with E-state index in [1.165, 1.54) is 30.6 Å². The summed E-state index contributed by atoms with van der Waals surface area (Å²) < 4.78 is 0.646. The molecular formula is C20H19ClN2OS. The van der Waals surface area contributed by atoms with Gasteiger partial charge in [-0.05, 0) is 68.4 Å². The summed E-state index contributed by atoms with van der Waals surface area (Å²) in [5.41, 5.74) is -1.44. The molecule has 25 heavy (non-hydrogen) atoms. The number of Topliss-reactive ketones (excluding diaryl/α,β-unsaturated/α-hetero) is 1. The predicted molar refractivity (Wildman–Crippen MR) is 94.8 cm³/mol. The van der Waals surface area contributed by atoms with Gasteiger partial charge in [-0.15, -0.1) is 11.3 Å². The van der Waals surface area contributed by atoms with Gasteiger partial charge in [0.1, 0.15) is 5.78 Å². The van der Waals surface area contributed by atoms with Crippen LogP contribution in [0.25, 0.3) is 0 Å². The molecule has 5 heteroatoms. The summed E-state index contributed by atoms with van der Waals surface area (Å²) in [5, 5.41) is 19.5. The Morgan fingerprint density at radius 1 is 1.08 bits per heavy atom. The molecule has 5 aliphatic rings. The van der Waals surface area contributed by atoms with E-state index in [-0.39, 0.29) is 17.1 Å². The van der Waals surface area contributed by atoms with E-state index in [0.29, 0.717) is 22.1 Å². The average Bonchev–Trinajstić information content (AvgIpc) is 3.07. The number of hydrogen-bond donors (Lipinski definition) is 0. The average molecular weight is 371 g/mol. The maximum Gasteiger partial charge on any atom is 0.162 e. The topological polar surface area (TPSA) is 64.7 Å². The molecular weight excluding hydrogens is 352 g/mol. The first kappa shape index (κ1) is 15.9. The van der Waals surface area contributed by atoms with Gasteiger partial charge in [0.2, 0.25) is 0 Å². The van der Waals surface area contributed by atoms with Gasteiger partial charge >= 0.3 is 0 Å². The summed E-state index contributed by atoms with van der Waals surface area (Å²) >= 11 is 7.46. The van der Waals surface area contributed by atoms with Gasteiger partial charge in [-0.3, -0.25) is 4.79 Å². The monoisotopic (exact) mass is 370 g/mol. The number of thiophene rings is 1. The Kier molecular flexibility index (Phi) is 3.23. The molecule has 0 saturated heterocycles. The molecule has 0 aliphatic heterocycles. The van der Waals surface area contributed by atoms with Crippen LogP contribution in [0.5, 0.6) is 0 Å². The van der Waals surface area contributed by atoms with E-state index >= 15 is 0 Å². The molecule has 1 aromatic heterocycles. The number of rotatable bonds is 3. The molecule has 4 bridgehead atoms. The number of nitriles is 2. The summed E-state index contributed by atoms with van der Waals surface area (Å²) in [5.74, 6) is 1.50. The van der Waals surface area contributed by atoms with Gasteiger partial charge in [0, 0.05) is 16.2 Å². The van der Waals surface area contributed by atoms with Crippen LogP contribution in [0.4, 0.5) is 0 Å². The molecule has 1 heterocycles. The molecule has 0 spiro atoms. The SMILES string of the molecule is N#CC1(C#N)[C@H](C(=O)C23CC4CC(CC(C4)C2)C3)[C@H]1c1ccc(Cl)s1. The van der Waals surface area contributed by atoms with Gasteiger partial charge in [-0.25, -0.2) is 0 Å². The smallest absolute Gasteiger partial charge is 0.162 e. The number of nitrogens with zero attached hydrogens (tertiary/aromatic N) is 2. The van der Waals surface area contributed by atoms with Crippen LogP contribution in [0.3, 0.4) is 0 Å². The van der Waals surface area contributed by atoms with Crippen molar-refractivity contribution in [2.45, 2.75) is 44.4 Å². The first-order valence-electron chi connectivity index (χ1n) is 9.13. The van der Waals surface area contributed by atoms with Crippen molar-refractivity contribution in [3.63, 3.8) is 0 Å². The normalized spacial score (nSPS) is 42.6. The van der Waals surface area contributed by atoms with Crippen LogP contribution in [0.1, 0.15) is 49.3 Å². The van der Waals surface area contributed by atoms with Crippen molar-refractivity contribution >= 4 is 28.7 Å². The molecule has 128 valence electrons. The summed E-state index contributed by atoms with van der Waals surface area (Å²) in [6.07, 6.45) is 6.80. The Labute approximate surface area is 156 Å². The van der Waals surface area contributed by atoms with E-state index in [1.54, 1.807) is 6.07 Å². The molecule has 0 N–H and O–H groups in total. The number of carbonyl (C=O) groups is 1. The van der Waals surface area contributed by atoms with E-state index in [9.17, 15) is 15.3 Å². The largest absolute Gasteiger partial charge is 0.299 e. The second-order valence-electron chi connectivity index (χ2n) is 8.75. The van der Waals surface area contributed by atoms with E-state index < -0.39 is 11.3 Å². The number of hydrogen-bond acceptors (Lipinski definition) is 4. The molecule has 3 nitrogen and oxygen atoms in total. The quantitative estimate of drug-likeness (QED) is 0.757. The second-order valence-corrected chi connectivity index (χ2v) is 10.5. The van der Waals surface area contributed by atoms with Crippen LogP contribution >= 0.6 is 22.9 Å². The van der Waals surface area contributed by atoms with Gasteiger partial charge in [0.25, 0.3) is 0 Å². The van der Waals surface area contributed by atoms with Crippen LogP contribution in [0, 0.1) is 57.2 Å². The molecule has 0 unspecified atom stereocenters. The third kappa shape index (κ3) is 2.05. The Morgan fingerprint density at radius 2 is 1.64 bits per heavy atom. The summed E-state index contributed by atoms with van der Waals surface area (Å²) in [6, 6.07) is 8.09. The van der Waals surface area contributed by atoms with Crippen molar-refractivity contribution in [2.75, 3.05) is 0 Å². The fraction of sp³-hybridized carbons (Fsp3) is 0.650. The fourth-order valence-corrected chi connectivity index (χ4v) is 7.95. The molecule has 5 saturated carbocycles. The zero-order valence-corrected chi connectivity index (χ0v) is 15.4. The predicted octanol–water partition coefficient (Wildman–Crippen LogP) is 4.93. The highest BCUT2D eigenvalue weighted by Gasteiger charge is 2.74. The van der Waals surface area contributed by atoms with Crippen molar-refractivity contribution in [2.24, 2.45) is 34.5 Å². The Morgan fingerprint density at radius 3 is 2.08 bits per heavy atom. The number of halogens is 1. The first-order valence-corrected chi connectivity index (χ1v) is 10.3. The second kappa shape index (κ2) is 5.09. The molecule has 5 aliphatic carbocycles. The van der Waals surface area contributed by atoms with Crippen molar-refractivity contribution < 1.29 is 4.79 Å². The van der Waals surface area contributed by atoms with Crippen molar-refractivity contribution in [1.29, 1.82) is 10.5 Å². The molecule has 1 aromatic rings. The third-order valence-electron chi connectivity index (χ3n) is 7.32. The van der Waals surface area contributed by atoms with Gasteiger partial charge in [-0.2, -0.15) is 10.5 Å². The van der Waals surface area contributed by atoms with E-state index in [2.05, 4.69) is 12.1 Å². The van der Waals surface area contributed by atoms with Crippen molar-refractivity contribution in [3.05, 3.63) is 21.3 Å². The maximum atomic E-state index is 13.7. The van der Waals surface area contributed by atoms with Crippen LogP contribution in [0.15, 0.2) is 12.1 Å². The molecule has 2 atom stereocenters. The molecule has 5 fully saturated rings. The lowest BCUT2D eigenvalue weighted by Gasteiger charge is -2.56. The van der Waals surface area contributed by atoms with Gasteiger partial charge in [-0.1, -0.05) is 11.6 Å². The number of carbonyl (C=O) groups excluding carboxylic acids is 1. The zero-order chi connectivity index (χ0) is 17.4. The Balaban J connectivity index is 1.51. The number of ketones is 1. The van der Waals surface area contributed by atoms with Crippen LogP contribution in [0.2, 0.25) is 4.34 Å². The van der Waals surface area contributed by atoms with Gasteiger partial charge in [0.05, 0.1) is 22.4 Å². The van der Waals surface area contributed by atoms with Gasteiger partial charge < -0.3 is 0 Å². The van der Waals surface area contributed by atoms with Crippen LogP contribution in [-0.4, -0.2) is 5.78 Å². The Hall–Kier alpha value is -1.36. The highest BCUT2D eigenvalue weighted by Crippen LogP contribution is 2.70. The lowest BCUT2D eigenvalue weighted by Crippen LogP contribution is -2.50. The summed E-state index contributed by atoms with van der Waals surface area (Å²) in [4.78, 5) is 14.6. The van der Waals surface area contributed by atoms with Gasteiger partial charge in [0.15, 0.2) is 5.41 Å². The minimum absolute atomic E-state index is 0.212. The third-order valence-corrected chi connectivity index (χ3v) is 8.63. The zero-order valence-electron chi connectivity index (χ0n) is 13.9.